The van der Waals surface area contributed by atoms with Crippen molar-refractivity contribution in [2.75, 3.05) is 21.3 Å². The maximum Gasteiger partial charge on any atom is 0.249 e. The van der Waals surface area contributed by atoms with Gasteiger partial charge in [-0.2, -0.15) is 0 Å². The molecule has 3 aromatic carbocycles. The second-order valence-corrected chi connectivity index (χ2v) is 7.26. The van der Waals surface area contributed by atoms with Gasteiger partial charge in [-0.15, -0.1) is 0 Å². The van der Waals surface area contributed by atoms with E-state index in [-0.39, 0.29) is 5.56 Å². The Morgan fingerprint density at radius 3 is 2.29 bits per heavy atom. The lowest BCUT2D eigenvalue weighted by Gasteiger charge is -2.15. The lowest BCUT2D eigenvalue weighted by atomic mass is 9.96. The minimum atomic E-state index is -0.214. The van der Waals surface area contributed by atoms with Crippen LogP contribution in [-0.2, 0) is 0 Å². The van der Waals surface area contributed by atoms with E-state index in [1.54, 1.807) is 39.5 Å². The van der Waals surface area contributed by atoms with Gasteiger partial charge in [0.05, 0.1) is 26.8 Å². The number of fused-ring (bicyclic) bond motifs is 2. The highest BCUT2D eigenvalue weighted by atomic mass is 79.9. The molecule has 5 nitrogen and oxygen atoms in total. The van der Waals surface area contributed by atoms with Crippen LogP contribution < -0.4 is 19.8 Å². The first-order valence-corrected chi connectivity index (χ1v) is 9.40. The summed E-state index contributed by atoms with van der Waals surface area (Å²) in [6.07, 6.45) is 0. The number of pyridine rings is 1. The molecule has 0 radical (unpaired) electrons. The first-order valence-electron chi connectivity index (χ1n) is 8.61. The third-order valence-corrected chi connectivity index (χ3v) is 5.24. The summed E-state index contributed by atoms with van der Waals surface area (Å²) in [5.74, 6) is 1.89. The van der Waals surface area contributed by atoms with E-state index in [9.17, 15) is 4.79 Å². The Bertz CT molecular complexity index is 1260. The summed E-state index contributed by atoms with van der Waals surface area (Å²) < 4.78 is 17.6. The van der Waals surface area contributed by atoms with E-state index in [1.807, 2.05) is 30.3 Å². The van der Waals surface area contributed by atoms with Crippen LogP contribution in [0.25, 0.3) is 32.8 Å². The largest absolute Gasteiger partial charge is 0.497 e. The number of aromatic nitrogens is 1. The van der Waals surface area contributed by atoms with Crippen LogP contribution in [0, 0.1) is 0 Å². The van der Waals surface area contributed by atoms with E-state index in [0.717, 1.165) is 31.8 Å². The van der Waals surface area contributed by atoms with Gasteiger partial charge in [-0.05, 0) is 35.0 Å². The van der Waals surface area contributed by atoms with Crippen LogP contribution >= 0.6 is 15.9 Å². The molecule has 0 atom stereocenters. The lowest BCUT2D eigenvalue weighted by Crippen LogP contribution is -2.06. The highest BCUT2D eigenvalue weighted by Crippen LogP contribution is 2.41. The average molecular weight is 440 g/mol. The van der Waals surface area contributed by atoms with Gasteiger partial charge < -0.3 is 19.2 Å². The van der Waals surface area contributed by atoms with Gasteiger partial charge in [0.25, 0.3) is 0 Å². The zero-order valence-electron chi connectivity index (χ0n) is 15.6. The van der Waals surface area contributed by atoms with Gasteiger partial charge in [-0.25, -0.2) is 0 Å². The molecular weight excluding hydrogens is 422 g/mol. The lowest BCUT2D eigenvalue weighted by molar-refractivity contribution is 0.398. The van der Waals surface area contributed by atoms with Crippen molar-refractivity contribution in [2.24, 2.45) is 0 Å². The number of hydrogen-bond acceptors (Lipinski definition) is 4. The van der Waals surface area contributed by atoms with Crippen molar-refractivity contribution in [1.29, 1.82) is 0 Å². The molecule has 142 valence electrons. The normalized spacial score (nSPS) is 11.0. The average Bonchev–Trinajstić information content (AvgIpc) is 2.70. The molecule has 0 fully saturated rings. The molecule has 0 unspecified atom stereocenters. The van der Waals surface area contributed by atoms with Gasteiger partial charge in [0.2, 0.25) is 5.56 Å². The third kappa shape index (κ3) is 3.10. The maximum atomic E-state index is 12.4. The monoisotopic (exact) mass is 439 g/mol. The summed E-state index contributed by atoms with van der Waals surface area (Å²) in [4.78, 5) is 15.3. The van der Waals surface area contributed by atoms with Crippen molar-refractivity contribution in [1.82, 2.24) is 4.98 Å². The van der Waals surface area contributed by atoms with Gasteiger partial charge in [0.15, 0.2) is 0 Å². The number of aromatic amines is 1. The summed E-state index contributed by atoms with van der Waals surface area (Å²) in [7, 11) is 4.80. The van der Waals surface area contributed by atoms with Gasteiger partial charge in [0.1, 0.15) is 17.2 Å². The van der Waals surface area contributed by atoms with Crippen molar-refractivity contribution in [2.45, 2.75) is 0 Å². The Kier molecular flexibility index (Phi) is 4.73. The van der Waals surface area contributed by atoms with E-state index >= 15 is 0 Å². The molecule has 0 aliphatic carbocycles. The van der Waals surface area contributed by atoms with E-state index in [1.165, 1.54) is 0 Å². The van der Waals surface area contributed by atoms with E-state index in [4.69, 9.17) is 14.2 Å². The number of rotatable bonds is 4. The quantitative estimate of drug-likeness (QED) is 0.478. The zero-order chi connectivity index (χ0) is 19.8. The fourth-order valence-electron chi connectivity index (χ4n) is 3.46. The van der Waals surface area contributed by atoms with Crippen molar-refractivity contribution in [3.8, 4) is 28.4 Å². The molecule has 0 aliphatic heterocycles. The molecule has 28 heavy (non-hydrogen) atoms. The predicted molar refractivity (Wildman–Crippen MR) is 115 cm³/mol. The van der Waals surface area contributed by atoms with Gasteiger partial charge in [-0.3, -0.25) is 4.79 Å². The number of H-pyrrole nitrogens is 1. The molecule has 0 bridgehead atoms. The molecule has 6 heteroatoms. The third-order valence-electron chi connectivity index (χ3n) is 4.74. The molecule has 0 saturated carbocycles. The van der Waals surface area contributed by atoms with Gasteiger partial charge in [0, 0.05) is 39.2 Å². The molecule has 0 spiro atoms. The number of nitrogens with one attached hydrogen (secondary N) is 1. The fraction of sp³-hybridized carbons (Fsp3) is 0.136. The van der Waals surface area contributed by atoms with E-state index in [2.05, 4.69) is 20.9 Å². The Labute approximate surface area is 170 Å². The molecule has 0 aliphatic rings. The molecule has 1 heterocycles. The Balaban J connectivity index is 2.12. The molecule has 1 N–H and O–H groups in total. The molecular formula is C22H18BrNO4. The van der Waals surface area contributed by atoms with Crippen LogP contribution in [0.5, 0.6) is 17.2 Å². The zero-order valence-corrected chi connectivity index (χ0v) is 17.2. The highest BCUT2D eigenvalue weighted by Gasteiger charge is 2.17. The summed E-state index contributed by atoms with van der Waals surface area (Å²) in [5.41, 5.74) is 1.97. The standard InChI is InChI=1S/C22H18BrNO4/c1-26-15-9-18-22(20(10-15)28-3)17(11-21(25)24-18)16-7-13-6-14(23)5-4-12(13)8-19(16)27-2/h4-11H,1-3H3,(H,24,25). The number of methoxy groups -OCH3 is 3. The number of halogens is 1. The SMILES string of the molecule is COc1cc(OC)c2c(-c3cc4cc(Br)ccc4cc3OC)cc(=O)[nH]c2c1. The maximum absolute atomic E-state index is 12.4. The molecule has 4 rings (SSSR count). The van der Waals surface area contributed by atoms with E-state index in [0.29, 0.717) is 22.8 Å². The van der Waals surface area contributed by atoms with Gasteiger partial charge in [-0.1, -0.05) is 22.0 Å². The van der Waals surface area contributed by atoms with E-state index < -0.39 is 0 Å². The summed E-state index contributed by atoms with van der Waals surface area (Å²) >= 11 is 3.52. The number of ether oxygens (including phenoxy) is 3. The minimum Gasteiger partial charge on any atom is -0.497 e. The van der Waals surface area contributed by atoms with Crippen LogP contribution in [-0.4, -0.2) is 26.3 Å². The van der Waals surface area contributed by atoms with Crippen LogP contribution in [0.3, 0.4) is 0 Å². The van der Waals surface area contributed by atoms with Crippen molar-refractivity contribution in [3.63, 3.8) is 0 Å². The first kappa shape index (κ1) is 18.4. The first-order chi connectivity index (χ1) is 13.5. The van der Waals surface area contributed by atoms with Crippen LogP contribution in [0.4, 0.5) is 0 Å². The van der Waals surface area contributed by atoms with Crippen LogP contribution in [0.1, 0.15) is 0 Å². The molecule has 4 aromatic rings. The summed E-state index contributed by atoms with van der Waals surface area (Å²) in [6, 6.07) is 15.2. The Morgan fingerprint density at radius 1 is 0.786 bits per heavy atom. The molecule has 0 saturated heterocycles. The van der Waals surface area contributed by atoms with Crippen LogP contribution in [0.2, 0.25) is 0 Å². The summed E-state index contributed by atoms with van der Waals surface area (Å²) in [6.45, 7) is 0. The molecule has 0 amide bonds. The second kappa shape index (κ2) is 7.20. The second-order valence-electron chi connectivity index (χ2n) is 6.34. The number of hydrogen-bond donors (Lipinski definition) is 1. The van der Waals surface area contributed by atoms with Crippen LogP contribution in [0.15, 0.2) is 57.8 Å². The van der Waals surface area contributed by atoms with Crippen molar-refractivity contribution >= 4 is 37.6 Å². The predicted octanol–water partition coefficient (Wildman–Crippen LogP) is 5.14. The fourth-order valence-corrected chi connectivity index (χ4v) is 3.84. The Hall–Kier alpha value is -2.99. The minimum absolute atomic E-state index is 0.214. The Morgan fingerprint density at radius 2 is 1.57 bits per heavy atom. The summed E-state index contributed by atoms with van der Waals surface area (Å²) in [5, 5.41) is 2.87. The number of benzene rings is 3. The van der Waals surface area contributed by atoms with Crippen molar-refractivity contribution < 1.29 is 14.2 Å². The smallest absolute Gasteiger partial charge is 0.249 e. The topological polar surface area (TPSA) is 60.6 Å². The molecule has 1 aromatic heterocycles. The van der Waals surface area contributed by atoms with Crippen molar-refractivity contribution in [3.05, 3.63) is 63.4 Å². The van der Waals surface area contributed by atoms with Gasteiger partial charge >= 0.3 is 0 Å². The highest BCUT2D eigenvalue weighted by molar-refractivity contribution is 9.10.